The van der Waals surface area contributed by atoms with Crippen molar-refractivity contribution < 1.29 is 19.1 Å². The van der Waals surface area contributed by atoms with Gasteiger partial charge < -0.3 is 19.3 Å². The van der Waals surface area contributed by atoms with Gasteiger partial charge in [-0.15, -0.1) is 0 Å². The molecule has 0 bridgehead atoms. The number of rotatable bonds is 8. The summed E-state index contributed by atoms with van der Waals surface area (Å²) in [5, 5.41) is 11.7. The highest BCUT2D eigenvalue weighted by molar-refractivity contribution is 6.16. The lowest BCUT2D eigenvalue weighted by atomic mass is 9.85. The van der Waals surface area contributed by atoms with Gasteiger partial charge in [0, 0.05) is 18.5 Å². The Morgan fingerprint density at radius 2 is 1.71 bits per heavy atom. The van der Waals surface area contributed by atoms with Gasteiger partial charge in [0.05, 0.1) is 11.6 Å². The molecule has 0 fully saturated rings. The predicted octanol–water partition coefficient (Wildman–Crippen LogP) is 5.65. The van der Waals surface area contributed by atoms with E-state index < -0.39 is 23.5 Å². The second-order valence-electron chi connectivity index (χ2n) is 10.0. The molecule has 0 radical (unpaired) electrons. The molecule has 0 spiro atoms. The zero-order chi connectivity index (χ0) is 25.3. The number of carbonyl (C=O) groups is 2. The van der Waals surface area contributed by atoms with Crippen LogP contribution in [0.1, 0.15) is 62.3 Å². The van der Waals surface area contributed by atoms with Gasteiger partial charge >= 0.3 is 0 Å². The van der Waals surface area contributed by atoms with Crippen LogP contribution < -0.4 is 0 Å². The molecule has 2 aromatic carbocycles. The summed E-state index contributed by atoms with van der Waals surface area (Å²) in [6, 6.07) is 16.3. The van der Waals surface area contributed by atoms with Crippen LogP contribution in [0.2, 0.25) is 0 Å². The maximum Gasteiger partial charge on any atom is 0.290 e. The minimum Gasteiger partial charge on any atom is -0.503 e. The SMILES string of the molecule is CCN(CC)CCN1C(=O)C(O)=C(C(=O)c2cc3ccccc3o2)C1c1ccc(C(C)(C)C)cc1. The van der Waals surface area contributed by atoms with Crippen LogP contribution in [0.15, 0.2) is 70.3 Å². The average molecular weight is 475 g/mol. The third kappa shape index (κ3) is 4.76. The van der Waals surface area contributed by atoms with Crippen LogP contribution in [-0.4, -0.2) is 52.8 Å². The molecular weight excluding hydrogens is 440 g/mol. The number of aliphatic hydroxyl groups excluding tert-OH is 1. The van der Waals surface area contributed by atoms with E-state index in [2.05, 4.69) is 39.5 Å². The number of hydrogen-bond acceptors (Lipinski definition) is 5. The summed E-state index contributed by atoms with van der Waals surface area (Å²) in [5.41, 5.74) is 2.56. The Morgan fingerprint density at radius 1 is 1.06 bits per heavy atom. The van der Waals surface area contributed by atoms with Crippen LogP contribution in [-0.2, 0) is 10.2 Å². The van der Waals surface area contributed by atoms with Gasteiger partial charge in [0.25, 0.3) is 5.91 Å². The number of furan rings is 1. The third-order valence-corrected chi connectivity index (χ3v) is 6.84. The number of nitrogens with zero attached hydrogens (tertiary/aromatic N) is 2. The van der Waals surface area contributed by atoms with Gasteiger partial charge in [-0.1, -0.05) is 77.1 Å². The van der Waals surface area contributed by atoms with Crippen molar-refractivity contribution in [1.82, 2.24) is 9.80 Å². The average Bonchev–Trinajstić information content (AvgIpc) is 3.38. The molecule has 6 heteroatoms. The highest BCUT2D eigenvalue weighted by Gasteiger charge is 2.44. The van der Waals surface area contributed by atoms with Crippen molar-refractivity contribution in [2.75, 3.05) is 26.2 Å². The quantitative estimate of drug-likeness (QED) is 0.427. The number of amides is 1. The first kappa shape index (κ1) is 24.7. The van der Waals surface area contributed by atoms with E-state index in [9.17, 15) is 14.7 Å². The van der Waals surface area contributed by atoms with E-state index in [0.29, 0.717) is 18.7 Å². The van der Waals surface area contributed by atoms with E-state index >= 15 is 0 Å². The van der Waals surface area contributed by atoms with Gasteiger partial charge in [-0.25, -0.2) is 0 Å². The van der Waals surface area contributed by atoms with Gasteiger partial charge in [-0.2, -0.15) is 0 Å². The normalized spacial score (nSPS) is 16.7. The summed E-state index contributed by atoms with van der Waals surface area (Å²) >= 11 is 0. The van der Waals surface area contributed by atoms with Crippen LogP contribution in [0.4, 0.5) is 0 Å². The lowest BCUT2D eigenvalue weighted by Crippen LogP contribution is -2.38. The van der Waals surface area contributed by atoms with Crippen LogP contribution in [0.5, 0.6) is 0 Å². The second-order valence-corrected chi connectivity index (χ2v) is 10.0. The van der Waals surface area contributed by atoms with Gasteiger partial charge in [0.15, 0.2) is 11.5 Å². The number of aliphatic hydroxyl groups is 1. The van der Waals surface area contributed by atoms with Crippen LogP contribution in [0.3, 0.4) is 0 Å². The second kappa shape index (κ2) is 9.70. The van der Waals surface area contributed by atoms with Crippen molar-refractivity contribution in [3.63, 3.8) is 0 Å². The Balaban J connectivity index is 1.76. The fourth-order valence-corrected chi connectivity index (χ4v) is 4.64. The largest absolute Gasteiger partial charge is 0.503 e. The van der Waals surface area contributed by atoms with Crippen molar-refractivity contribution in [1.29, 1.82) is 0 Å². The van der Waals surface area contributed by atoms with E-state index in [-0.39, 0.29) is 16.7 Å². The number of benzene rings is 2. The van der Waals surface area contributed by atoms with Gasteiger partial charge in [-0.3, -0.25) is 9.59 Å². The monoisotopic (exact) mass is 474 g/mol. The molecule has 1 aromatic heterocycles. The van der Waals surface area contributed by atoms with Crippen LogP contribution in [0.25, 0.3) is 11.0 Å². The molecule has 0 saturated carbocycles. The van der Waals surface area contributed by atoms with E-state index in [0.717, 1.165) is 29.6 Å². The molecule has 184 valence electrons. The van der Waals surface area contributed by atoms with E-state index in [1.807, 2.05) is 42.5 Å². The molecule has 2 heterocycles. The fraction of sp³-hybridized carbons (Fsp3) is 0.379. The molecule has 1 aliphatic rings. The maximum atomic E-state index is 13.7. The summed E-state index contributed by atoms with van der Waals surface area (Å²) in [5.74, 6) is -1.38. The molecular formula is C29H34N2O4. The molecule has 4 rings (SSSR count). The fourth-order valence-electron chi connectivity index (χ4n) is 4.64. The van der Waals surface area contributed by atoms with Gasteiger partial charge in [0.1, 0.15) is 5.58 Å². The lowest BCUT2D eigenvalue weighted by Gasteiger charge is -2.29. The maximum absolute atomic E-state index is 13.7. The standard InChI is InChI=1S/C29H34N2O4/c1-6-30(7-2)16-17-31-25(19-12-14-21(15-13-19)29(3,4)5)24(27(33)28(31)34)26(32)23-18-20-10-8-9-11-22(20)35-23/h8-15,18,25,33H,6-7,16-17H2,1-5H3. The first-order valence-electron chi connectivity index (χ1n) is 12.3. The van der Waals surface area contributed by atoms with Crippen molar-refractivity contribution in [3.05, 3.63) is 82.8 Å². The van der Waals surface area contributed by atoms with E-state index in [1.165, 1.54) is 0 Å². The molecule has 1 N–H and O–H groups in total. The Kier molecular flexibility index (Phi) is 6.86. The molecule has 1 amide bonds. The van der Waals surface area contributed by atoms with Gasteiger partial charge in [0.2, 0.25) is 5.78 Å². The van der Waals surface area contributed by atoms with Crippen molar-refractivity contribution in [2.24, 2.45) is 0 Å². The van der Waals surface area contributed by atoms with Crippen molar-refractivity contribution >= 4 is 22.7 Å². The van der Waals surface area contributed by atoms with Crippen LogP contribution >= 0.6 is 0 Å². The third-order valence-electron chi connectivity index (χ3n) is 6.84. The summed E-state index contributed by atoms with van der Waals surface area (Å²) < 4.78 is 5.81. The van der Waals surface area contributed by atoms with Crippen LogP contribution in [0, 0.1) is 0 Å². The number of ketones is 1. The minimum absolute atomic E-state index is 0.0304. The number of carbonyl (C=O) groups excluding carboxylic acids is 2. The summed E-state index contributed by atoms with van der Waals surface area (Å²) in [4.78, 5) is 30.7. The summed E-state index contributed by atoms with van der Waals surface area (Å²) in [6.07, 6.45) is 0. The Bertz CT molecular complexity index is 1230. The Hall–Kier alpha value is -3.38. The molecule has 35 heavy (non-hydrogen) atoms. The number of Topliss-reactive ketones (excluding diaryl/α,β-unsaturated/α-hetero) is 1. The van der Waals surface area contributed by atoms with E-state index in [4.69, 9.17) is 4.42 Å². The van der Waals surface area contributed by atoms with Crippen molar-refractivity contribution in [3.8, 4) is 0 Å². The first-order valence-corrected chi connectivity index (χ1v) is 12.3. The zero-order valence-corrected chi connectivity index (χ0v) is 21.2. The Labute approximate surface area is 206 Å². The van der Waals surface area contributed by atoms with E-state index in [1.54, 1.807) is 17.0 Å². The number of hydrogen-bond donors (Lipinski definition) is 1. The topological polar surface area (TPSA) is 74.0 Å². The molecule has 3 aromatic rings. The van der Waals surface area contributed by atoms with Crippen molar-refractivity contribution in [2.45, 2.75) is 46.1 Å². The summed E-state index contributed by atoms with van der Waals surface area (Å²) in [7, 11) is 0. The lowest BCUT2D eigenvalue weighted by molar-refractivity contribution is -0.129. The molecule has 0 aliphatic carbocycles. The smallest absolute Gasteiger partial charge is 0.290 e. The molecule has 6 nitrogen and oxygen atoms in total. The zero-order valence-electron chi connectivity index (χ0n) is 21.2. The molecule has 1 aliphatic heterocycles. The molecule has 0 saturated heterocycles. The predicted molar refractivity (Wildman–Crippen MR) is 138 cm³/mol. The molecule has 1 atom stereocenters. The molecule has 1 unspecified atom stereocenters. The number of fused-ring (bicyclic) bond motifs is 1. The highest BCUT2D eigenvalue weighted by Crippen LogP contribution is 2.40. The van der Waals surface area contributed by atoms with Gasteiger partial charge in [-0.05, 0) is 41.8 Å². The number of para-hydroxylation sites is 1. The Morgan fingerprint density at radius 3 is 2.31 bits per heavy atom. The highest BCUT2D eigenvalue weighted by atomic mass is 16.3. The summed E-state index contributed by atoms with van der Waals surface area (Å²) in [6.45, 7) is 13.3. The first-order chi connectivity index (χ1) is 16.7. The minimum atomic E-state index is -0.687. The number of likely N-dealkylation sites (N-methyl/N-ethyl adjacent to an activating group) is 1.